The van der Waals surface area contributed by atoms with Crippen LogP contribution >= 0.6 is 0 Å². The Bertz CT molecular complexity index is 357. The first-order chi connectivity index (χ1) is 6.52. The van der Waals surface area contributed by atoms with Gasteiger partial charge in [0, 0.05) is 24.8 Å². The Morgan fingerprint density at radius 1 is 1.57 bits per heavy atom. The Hall–Kier alpha value is -1.29. The molecule has 0 amide bonds. The number of hydrogen-bond donors (Lipinski definition) is 2. The third-order valence-corrected chi connectivity index (χ3v) is 2.39. The summed E-state index contributed by atoms with van der Waals surface area (Å²) >= 11 is 0. The molecule has 1 aromatic rings. The van der Waals surface area contributed by atoms with E-state index >= 15 is 0 Å². The van der Waals surface area contributed by atoms with Crippen LogP contribution in [0.15, 0.2) is 17.1 Å². The number of nitrogens with one attached hydrogen (secondary N) is 1. The topological polar surface area (TPSA) is 62.1 Å². The number of H-pyrrole nitrogens is 1. The van der Waals surface area contributed by atoms with Gasteiger partial charge in [-0.1, -0.05) is 0 Å². The SMILES string of the molecule is CC(C)N(C)Cc1c(N)[nH]ccc1=O. The summed E-state index contributed by atoms with van der Waals surface area (Å²) in [5, 5.41) is 0. The van der Waals surface area contributed by atoms with E-state index in [4.69, 9.17) is 5.73 Å². The third-order valence-electron chi connectivity index (χ3n) is 2.39. The van der Waals surface area contributed by atoms with E-state index in [0.717, 1.165) is 0 Å². The number of nitrogen functional groups attached to an aromatic ring is 1. The highest BCUT2D eigenvalue weighted by Crippen LogP contribution is 2.06. The molecule has 0 unspecified atom stereocenters. The summed E-state index contributed by atoms with van der Waals surface area (Å²) in [6.45, 7) is 4.74. The van der Waals surface area contributed by atoms with E-state index < -0.39 is 0 Å². The van der Waals surface area contributed by atoms with Crippen LogP contribution in [0.1, 0.15) is 19.4 Å². The summed E-state index contributed by atoms with van der Waals surface area (Å²) < 4.78 is 0. The molecular weight excluding hydrogens is 178 g/mol. The Labute approximate surface area is 83.7 Å². The maximum Gasteiger partial charge on any atom is 0.188 e. The highest BCUT2D eigenvalue weighted by molar-refractivity contribution is 5.38. The quantitative estimate of drug-likeness (QED) is 0.749. The number of nitrogens with zero attached hydrogens (tertiary/aromatic N) is 1. The van der Waals surface area contributed by atoms with Crippen LogP contribution in [0, 0.1) is 0 Å². The lowest BCUT2D eigenvalue weighted by Gasteiger charge is -2.21. The van der Waals surface area contributed by atoms with Crippen molar-refractivity contribution < 1.29 is 0 Å². The molecule has 0 saturated heterocycles. The number of nitrogens with two attached hydrogens (primary N) is 1. The van der Waals surface area contributed by atoms with Crippen molar-refractivity contribution in [2.24, 2.45) is 0 Å². The lowest BCUT2D eigenvalue weighted by Crippen LogP contribution is -2.29. The average molecular weight is 195 g/mol. The molecule has 0 aliphatic heterocycles. The van der Waals surface area contributed by atoms with Crippen molar-refractivity contribution in [1.82, 2.24) is 9.88 Å². The van der Waals surface area contributed by atoms with Gasteiger partial charge in [0.15, 0.2) is 5.43 Å². The summed E-state index contributed by atoms with van der Waals surface area (Å²) in [4.78, 5) is 16.4. The first-order valence-electron chi connectivity index (χ1n) is 4.68. The number of aromatic amines is 1. The number of aromatic nitrogens is 1. The molecule has 0 bridgehead atoms. The van der Waals surface area contributed by atoms with Crippen molar-refractivity contribution in [2.75, 3.05) is 12.8 Å². The zero-order chi connectivity index (χ0) is 10.7. The summed E-state index contributed by atoms with van der Waals surface area (Å²) in [6.07, 6.45) is 1.57. The summed E-state index contributed by atoms with van der Waals surface area (Å²) in [5.74, 6) is 0.463. The molecule has 3 N–H and O–H groups in total. The van der Waals surface area contributed by atoms with Gasteiger partial charge in [0.25, 0.3) is 0 Å². The average Bonchev–Trinajstić information content (AvgIpc) is 2.11. The minimum absolute atomic E-state index is 0.00579. The van der Waals surface area contributed by atoms with Crippen molar-refractivity contribution in [3.05, 3.63) is 28.0 Å². The predicted octanol–water partition coefficient (Wildman–Crippen LogP) is 0.797. The van der Waals surface area contributed by atoms with Crippen molar-refractivity contribution in [1.29, 1.82) is 0 Å². The molecule has 1 rings (SSSR count). The Morgan fingerprint density at radius 3 is 2.71 bits per heavy atom. The van der Waals surface area contributed by atoms with Gasteiger partial charge in [0.1, 0.15) is 5.82 Å². The van der Waals surface area contributed by atoms with Gasteiger partial charge in [0.05, 0.1) is 5.56 Å². The van der Waals surface area contributed by atoms with Crippen molar-refractivity contribution in [2.45, 2.75) is 26.4 Å². The smallest absolute Gasteiger partial charge is 0.188 e. The summed E-state index contributed by atoms with van der Waals surface area (Å²) in [5.41, 5.74) is 6.32. The normalized spacial score (nSPS) is 11.2. The zero-order valence-electron chi connectivity index (χ0n) is 8.87. The molecule has 0 atom stereocenters. The van der Waals surface area contributed by atoms with Crippen LogP contribution in [0.2, 0.25) is 0 Å². The van der Waals surface area contributed by atoms with Gasteiger partial charge in [0.2, 0.25) is 0 Å². The third kappa shape index (κ3) is 2.35. The monoisotopic (exact) mass is 195 g/mol. The number of rotatable bonds is 3. The molecule has 14 heavy (non-hydrogen) atoms. The first kappa shape index (κ1) is 10.8. The zero-order valence-corrected chi connectivity index (χ0v) is 8.87. The lowest BCUT2D eigenvalue weighted by molar-refractivity contribution is 0.265. The van der Waals surface area contributed by atoms with E-state index in [1.54, 1.807) is 6.20 Å². The first-order valence-corrected chi connectivity index (χ1v) is 4.68. The van der Waals surface area contributed by atoms with Gasteiger partial charge in [-0.3, -0.25) is 9.69 Å². The molecule has 1 aromatic heterocycles. The molecule has 0 saturated carbocycles. The van der Waals surface area contributed by atoms with Gasteiger partial charge in [-0.2, -0.15) is 0 Å². The number of pyridine rings is 1. The fraction of sp³-hybridized carbons (Fsp3) is 0.500. The van der Waals surface area contributed by atoms with Crippen molar-refractivity contribution >= 4 is 5.82 Å². The van der Waals surface area contributed by atoms with E-state index in [9.17, 15) is 4.79 Å². The van der Waals surface area contributed by atoms with Crippen LogP contribution in [0.25, 0.3) is 0 Å². The highest BCUT2D eigenvalue weighted by atomic mass is 16.1. The van der Waals surface area contributed by atoms with Gasteiger partial charge in [-0.05, 0) is 20.9 Å². The van der Waals surface area contributed by atoms with E-state index in [2.05, 4.69) is 23.7 Å². The Balaban J connectivity index is 2.91. The van der Waals surface area contributed by atoms with Crippen molar-refractivity contribution in [3.8, 4) is 0 Å². The highest BCUT2D eigenvalue weighted by Gasteiger charge is 2.09. The van der Waals surface area contributed by atoms with Crippen molar-refractivity contribution in [3.63, 3.8) is 0 Å². The molecule has 0 aliphatic rings. The molecule has 0 aromatic carbocycles. The second-order valence-corrected chi connectivity index (χ2v) is 3.74. The number of hydrogen-bond acceptors (Lipinski definition) is 3. The molecule has 78 valence electrons. The van der Waals surface area contributed by atoms with E-state index in [1.165, 1.54) is 6.07 Å². The molecule has 1 heterocycles. The fourth-order valence-corrected chi connectivity index (χ4v) is 1.12. The lowest BCUT2D eigenvalue weighted by atomic mass is 10.2. The second-order valence-electron chi connectivity index (χ2n) is 3.74. The maximum atomic E-state index is 11.5. The molecular formula is C10H17N3O. The van der Waals surface area contributed by atoms with Crippen LogP contribution in [0.4, 0.5) is 5.82 Å². The summed E-state index contributed by atoms with van der Waals surface area (Å²) in [6, 6.07) is 1.90. The fourth-order valence-electron chi connectivity index (χ4n) is 1.12. The van der Waals surface area contributed by atoms with Crippen LogP contribution < -0.4 is 11.2 Å². The minimum Gasteiger partial charge on any atom is -0.385 e. The van der Waals surface area contributed by atoms with Crippen LogP contribution in [0.3, 0.4) is 0 Å². The van der Waals surface area contributed by atoms with Crippen LogP contribution in [-0.4, -0.2) is 23.0 Å². The molecule has 0 spiro atoms. The molecule has 4 nitrogen and oxygen atoms in total. The van der Waals surface area contributed by atoms with E-state index in [-0.39, 0.29) is 5.43 Å². The maximum absolute atomic E-state index is 11.5. The Morgan fingerprint density at radius 2 is 2.21 bits per heavy atom. The van der Waals surface area contributed by atoms with Gasteiger partial charge in [-0.15, -0.1) is 0 Å². The van der Waals surface area contributed by atoms with E-state index in [0.29, 0.717) is 24.0 Å². The predicted molar refractivity (Wildman–Crippen MR) is 58.1 cm³/mol. The second kappa shape index (κ2) is 4.28. The molecule has 4 heteroatoms. The van der Waals surface area contributed by atoms with Gasteiger partial charge in [-0.25, -0.2) is 0 Å². The van der Waals surface area contributed by atoms with Crippen LogP contribution in [0.5, 0.6) is 0 Å². The molecule has 0 aliphatic carbocycles. The van der Waals surface area contributed by atoms with Gasteiger partial charge >= 0.3 is 0 Å². The Kier molecular flexibility index (Phi) is 3.30. The van der Waals surface area contributed by atoms with Crippen LogP contribution in [-0.2, 0) is 6.54 Å². The van der Waals surface area contributed by atoms with E-state index in [1.807, 2.05) is 7.05 Å². The largest absolute Gasteiger partial charge is 0.385 e. The summed E-state index contributed by atoms with van der Waals surface area (Å²) in [7, 11) is 1.97. The number of anilines is 1. The van der Waals surface area contributed by atoms with Gasteiger partial charge < -0.3 is 10.7 Å². The molecule has 0 fully saturated rings. The standard InChI is InChI=1S/C10H17N3O/c1-7(2)13(3)6-8-9(14)4-5-12-10(8)11/h4-5,7H,6H2,1-3H3,(H3,11,12,14). The minimum atomic E-state index is -0.00579. The molecule has 0 radical (unpaired) electrons.